The first kappa shape index (κ1) is 19.6. The maximum atomic E-state index is 13.6. The standard InChI is InChI=1S/C21H16BrFN2O3/c22-17-6-2-4-8-19(17)28-13-14-9-11-15(12-10-14)20(26)24-25-21(27)16-5-1-3-7-18(16)23/h1-12H,13H2,(H,24,26)(H,25,27). The molecule has 2 N–H and O–H groups in total. The number of hydrogen-bond acceptors (Lipinski definition) is 3. The van der Waals surface area contributed by atoms with Gasteiger partial charge in [-0.05, 0) is 57.9 Å². The van der Waals surface area contributed by atoms with E-state index in [-0.39, 0.29) is 5.56 Å². The lowest BCUT2D eigenvalue weighted by Crippen LogP contribution is -2.41. The number of para-hydroxylation sites is 1. The molecular formula is C21H16BrFN2O3. The number of hydrogen-bond donors (Lipinski definition) is 2. The number of nitrogens with one attached hydrogen (secondary N) is 2. The summed E-state index contributed by atoms with van der Waals surface area (Å²) in [6.07, 6.45) is 0. The van der Waals surface area contributed by atoms with Crippen molar-refractivity contribution in [3.05, 3.63) is 99.8 Å². The lowest BCUT2D eigenvalue weighted by atomic mass is 10.1. The topological polar surface area (TPSA) is 67.4 Å². The molecule has 0 aliphatic carbocycles. The molecule has 0 aromatic heterocycles. The average molecular weight is 443 g/mol. The van der Waals surface area contributed by atoms with Crippen molar-refractivity contribution in [2.24, 2.45) is 0 Å². The molecule has 142 valence electrons. The molecule has 2 amide bonds. The quantitative estimate of drug-likeness (QED) is 0.580. The van der Waals surface area contributed by atoms with Gasteiger partial charge in [-0.2, -0.15) is 0 Å². The number of carbonyl (C=O) groups excluding carboxylic acids is 2. The molecule has 0 radical (unpaired) electrons. The number of rotatable bonds is 5. The van der Waals surface area contributed by atoms with Gasteiger partial charge < -0.3 is 4.74 Å². The molecule has 3 aromatic carbocycles. The van der Waals surface area contributed by atoms with E-state index in [2.05, 4.69) is 26.8 Å². The van der Waals surface area contributed by atoms with Crippen molar-refractivity contribution in [3.8, 4) is 5.75 Å². The number of ether oxygens (including phenoxy) is 1. The van der Waals surface area contributed by atoms with E-state index in [4.69, 9.17) is 4.74 Å². The van der Waals surface area contributed by atoms with Crippen molar-refractivity contribution in [1.82, 2.24) is 10.9 Å². The molecule has 0 spiro atoms. The zero-order valence-corrected chi connectivity index (χ0v) is 16.2. The van der Waals surface area contributed by atoms with Crippen molar-refractivity contribution in [3.63, 3.8) is 0 Å². The number of hydrazine groups is 1. The third kappa shape index (κ3) is 4.95. The molecule has 0 fully saturated rings. The first-order valence-corrected chi connectivity index (χ1v) is 9.15. The van der Waals surface area contributed by atoms with Gasteiger partial charge in [0.05, 0.1) is 10.0 Å². The molecular weight excluding hydrogens is 427 g/mol. The van der Waals surface area contributed by atoms with Crippen LogP contribution >= 0.6 is 15.9 Å². The lowest BCUT2D eigenvalue weighted by Gasteiger charge is -2.10. The Kier molecular flexibility index (Phi) is 6.39. The summed E-state index contributed by atoms with van der Waals surface area (Å²) in [6.45, 7) is 0.342. The molecule has 0 bridgehead atoms. The van der Waals surface area contributed by atoms with E-state index in [1.807, 2.05) is 24.3 Å². The molecule has 0 aliphatic rings. The van der Waals surface area contributed by atoms with Gasteiger partial charge >= 0.3 is 0 Å². The van der Waals surface area contributed by atoms with Crippen LogP contribution in [0.5, 0.6) is 5.75 Å². The Morgan fingerprint density at radius 1 is 0.857 bits per heavy atom. The van der Waals surface area contributed by atoms with Crippen molar-refractivity contribution < 1.29 is 18.7 Å². The minimum atomic E-state index is -0.732. The molecule has 3 rings (SSSR count). The Morgan fingerprint density at radius 2 is 1.50 bits per heavy atom. The van der Waals surface area contributed by atoms with Gasteiger partial charge in [-0.25, -0.2) is 4.39 Å². The van der Waals surface area contributed by atoms with Crippen LogP contribution in [0.2, 0.25) is 0 Å². The third-order valence-corrected chi connectivity index (χ3v) is 4.51. The van der Waals surface area contributed by atoms with Crippen LogP contribution in [0.15, 0.2) is 77.3 Å². The summed E-state index contributed by atoms with van der Waals surface area (Å²) in [6, 6.07) is 19.8. The SMILES string of the molecule is O=C(NNC(=O)c1ccccc1F)c1ccc(COc2ccccc2Br)cc1. The van der Waals surface area contributed by atoms with Crippen LogP contribution in [0.4, 0.5) is 4.39 Å². The van der Waals surface area contributed by atoms with E-state index in [9.17, 15) is 14.0 Å². The fraction of sp³-hybridized carbons (Fsp3) is 0.0476. The van der Waals surface area contributed by atoms with E-state index >= 15 is 0 Å². The predicted molar refractivity (Wildman–Crippen MR) is 106 cm³/mol. The number of benzene rings is 3. The molecule has 0 atom stereocenters. The van der Waals surface area contributed by atoms with Crippen molar-refractivity contribution >= 4 is 27.7 Å². The molecule has 7 heteroatoms. The molecule has 0 heterocycles. The fourth-order valence-electron chi connectivity index (χ4n) is 2.37. The zero-order chi connectivity index (χ0) is 19.9. The van der Waals surface area contributed by atoms with E-state index < -0.39 is 17.6 Å². The first-order valence-electron chi connectivity index (χ1n) is 8.36. The van der Waals surface area contributed by atoms with E-state index in [1.54, 1.807) is 24.3 Å². The molecule has 0 unspecified atom stereocenters. The third-order valence-electron chi connectivity index (χ3n) is 3.86. The largest absolute Gasteiger partial charge is 0.488 e. The second kappa shape index (κ2) is 9.14. The number of halogens is 2. The molecule has 3 aromatic rings. The van der Waals surface area contributed by atoms with Crippen molar-refractivity contribution in [1.29, 1.82) is 0 Å². The molecule has 0 aliphatic heterocycles. The van der Waals surface area contributed by atoms with Gasteiger partial charge in [0, 0.05) is 5.56 Å². The number of amides is 2. The van der Waals surface area contributed by atoms with Crippen LogP contribution in [0.3, 0.4) is 0 Å². The Labute approximate surface area is 169 Å². The maximum Gasteiger partial charge on any atom is 0.272 e. The van der Waals surface area contributed by atoms with E-state index in [0.29, 0.717) is 12.2 Å². The zero-order valence-electron chi connectivity index (χ0n) is 14.6. The summed E-state index contributed by atoms with van der Waals surface area (Å²) < 4.78 is 20.1. The van der Waals surface area contributed by atoms with Crippen LogP contribution in [0.1, 0.15) is 26.3 Å². The smallest absolute Gasteiger partial charge is 0.272 e. The Morgan fingerprint density at radius 3 is 2.21 bits per heavy atom. The lowest BCUT2D eigenvalue weighted by molar-refractivity contribution is 0.0844. The summed E-state index contributed by atoms with van der Waals surface area (Å²) in [5.41, 5.74) is 5.54. The monoisotopic (exact) mass is 442 g/mol. The highest BCUT2D eigenvalue weighted by Crippen LogP contribution is 2.24. The number of carbonyl (C=O) groups is 2. The van der Waals surface area contributed by atoms with E-state index in [0.717, 1.165) is 15.8 Å². The van der Waals surface area contributed by atoms with Crippen LogP contribution in [-0.2, 0) is 6.61 Å². The van der Waals surface area contributed by atoms with Crippen molar-refractivity contribution in [2.75, 3.05) is 0 Å². The maximum absolute atomic E-state index is 13.6. The molecule has 5 nitrogen and oxygen atoms in total. The Balaban J connectivity index is 1.54. The summed E-state index contributed by atoms with van der Waals surface area (Å²) in [5, 5.41) is 0. The minimum absolute atomic E-state index is 0.151. The van der Waals surface area contributed by atoms with Crippen LogP contribution in [0.25, 0.3) is 0 Å². The summed E-state index contributed by atoms with van der Waals surface area (Å²) >= 11 is 3.41. The van der Waals surface area contributed by atoms with Crippen LogP contribution in [-0.4, -0.2) is 11.8 Å². The molecule has 28 heavy (non-hydrogen) atoms. The second-order valence-corrected chi connectivity index (χ2v) is 6.66. The second-order valence-electron chi connectivity index (χ2n) is 5.80. The van der Waals surface area contributed by atoms with Crippen LogP contribution in [0, 0.1) is 5.82 Å². The molecule has 0 saturated heterocycles. The minimum Gasteiger partial charge on any atom is -0.488 e. The average Bonchev–Trinajstić information content (AvgIpc) is 2.72. The Bertz CT molecular complexity index is 993. The predicted octanol–water partition coefficient (Wildman–Crippen LogP) is 4.24. The highest BCUT2D eigenvalue weighted by atomic mass is 79.9. The van der Waals surface area contributed by atoms with Gasteiger partial charge in [0.15, 0.2) is 0 Å². The summed E-state index contributed by atoms with van der Waals surface area (Å²) in [5.74, 6) is -1.18. The van der Waals surface area contributed by atoms with Gasteiger partial charge in [-0.1, -0.05) is 36.4 Å². The van der Waals surface area contributed by atoms with Gasteiger partial charge in [-0.15, -0.1) is 0 Å². The fourth-order valence-corrected chi connectivity index (χ4v) is 2.77. The molecule has 0 saturated carbocycles. The summed E-state index contributed by atoms with van der Waals surface area (Å²) in [7, 11) is 0. The van der Waals surface area contributed by atoms with Gasteiger partial charge in [0.1, 0.15) is 18.2 Å². The van der Waals surface area contributed by atoms with Gasteiger partial charge in [0.25, 0.3) is 11.8 Å². The van der Waals surface area contributed by atoms with Gasteiger partial charge in [0.2, 0.25) is 0 Å². The highest BCUT2D eigenvalue weighted by molar-refractivity contribution is 9.10. The normalized spacial score (nSPS) is 10.2. The van der Waals surface area contributed by atoms with Gasteiger partial charge in [-0.3, -0.25) is 20.4 Å². The van der Waals surface area contributed by atoms with Crippen molar-refractivity contribution in [2.45, 2.75) is 6.61 Å². The first-order chi connectivity index (χ1) is 13.5. The van der Waals surface area contributed by atoms with E-state index in [1.165, 1.54) is 24.3 Å². The summed E-state index contributed by atoms with van der Waals surface area (Å²) in [4.78, 5) is 24.1. The highest BCUT2D eigenvalue weighted by Gasteiger charge is 2.12. The Hall–Kier alpha value is -3.19. The van der Waals surface area contributed by atoms with Crippen LogP contribution < -0.4 is 15.6 Å².